The fraction of sp³-hybridized carbons (Fsp3) is 0.238. The number of amides is 1. The molecule has 1 aromatic carbocycles. The van der Waals surface area contributed by atoms with Crippen molar-refractivity contribution in [2.24, 2.45) is 0 Å². The van der Waals surface area contributed by atoms with E-state index >= 15 is 0 Å². The minimum Gasteiger partial charge on any atom is -0.497 e. The van der Waals surface area contributed by atoms with Crippen molar-refractivity contribution in [3.05, 3.63) is 65.7 Å². The number of aromatic nitrogens is 5. The van der Waals surface area contributed by atoms with E-state index in [0.717, 1.165) is 12.3 Å². The van der Waals surface area contributed by atoms with E-state index in [0.29, 0.717) is 28.1 Å². The van der Waals surface area contributed by atoms with Crippen LogP contribution in [-0.4, -0.2) is 37.4 Å². The van der Waals surface area contributed by atoms with Crippen molar-refractivity contribution >= 4 is 11.6 Å². The van der Waals surface area contributed by atoms with Gasteiger partial charge in [-0.25, -0.2) is 9.50 Å². The van der Waals surface area contributed by atoms with Gasteiger partial charge in [0, 0.05) is 18.3 Å². The summed E-state index contributed by atoms with van der Waals surface area (Å²) in [4.78, 5) is 17.0. The molecule has 0 aliphatic heterocycles. The molecular formula is C21H19F3N6O2. The molecule has 0 unspecified atom stereocenters. The number of methoxy groups -OCH3 is 1. The first-order valence-electron chi connectivity index (χ1n) is 9.71. The molecule has 1 amide bonds. The van der Waals surface area contributed by atoms with Crippen LogP contribution in [0, 0.1) is 0 Å². The Morgan fingerprint density at radius 3 is 2.56 bits per heavy atom. The zero-order valence-electron chi connectivity index (χ0n) is 17.2. The molecule has 0 aliphatic carbocycles. The summed E-state index contributed by atoms with van der Waals surface area (Å²) in [5.41, 5.74) is -0.170. The van der Waals surface area contributed by atoms with Gasteiger partial charge in [0.1, 0.15) is 11.3 Å². The maximum absolute atomic E-state index is 13.7. The van der Waals surface area contributed by atoms with Crippen LogP contribution in [0.3, 0.4) is 0 Å². The summed E-state index contributed by atoms with van der Waals surface area (Å²) in [5.74, 6) is -0.0423. The Morgan fingerprint density at radius 2 is 1.94 bits per heavy atom. The molecule has 0 atom stereocenters. The number of rotatable bonds is 6. The van der Waals surface area contributed by atoms with Crippen molar-refractivity contribution < 1.29 is 22.7 Å². The van der Waals surface area contributed by atoms with Crippen LogP contribution in [0.15, 0.2) is 48.8 Å². The van der Waals surface area contributed by atoms with Crippen LogP contribution in [0.4, 0.5) is 13.2 Å². The molecule has 3 aromatic heterocycles. The van der Waals surface area contributed by atoms with Gasteiger partial charge in [-0.05, 0) is 43.3 Å². The second-order valence-electron chi connectivity index (χ2n) is 6.89. The Hall–Kier alpha value is -3.89. The molecule has 0 bridgehead atoms. The third-order valence-electron chi connectivity index (χ3n) is 4.84. The quantitative estimate of drug-likeness (QED) is 0.491. The Kier molecular flexibility index (Phi) is 5.56. The van der Waals surface area contributed by atoms with E-state index in [1.807, 2.05) is 6.92 Å². The van der Waals surface area contributed by atoms with Gasteiger partial charge in [0.25, 0.3) is 5.91 Å². The van der Waals surface area contributed by atoms with E-state index < -0.39 is 17.8 Å². The van der Waals surface area contributed by atoms with Crippen LogP contribution in [0.2, 0.25) is 0 Å². The smallest absolute Gasteiger partial charge is 0.433 e. The first-order chi connectivity index (χ1) is 15.3. The lowest BCUT2D eigenvalue weighted by molar-refractivity contribution is -0.142. The molecule has 0 saturated heterocycles. The molecule has 0 fully saturated rings. The number of halogens is 3. The summed E-state index contributed by atoms with van der Waals surface area (Å²) in [5, 5.41) is 10.7. The molecular weight excluding hydrogens is 425 g/mol. The minimum atomic E-state index is -4.70. The van der Waals surface area contributed by atoms with Crippen LogP contribution < -0.4 is 10.1 Å². The third kappa shape index (κ3) is 4.13. The highest BCUT2D eigenvalue weighted by molar-refractivity contribution is 5.99. The molecule has 0 saturated carbocycles. The second kappa shape index (κ2) is 8.33. The number of fused-ring (bicyclic) bond motifs is 1. The largest absolute Gasteiger partial charge is 0.497 e. The van der Waals surface area contributed by atoms with Crippen LogP contribution in [-0.2, 0) is 19.3 Å². The summed E-state index contributed by atoms with van der Waals surface area (Å²) < 4.78 is 48.6. The third-order valence-corrected chi connectivity index (χ3v) is 4.84. The van der Waals surface area contributed by atoms with Crippen LogP contribution in [0.1, 0.15) is 28.7 Å². The Labute approximate surface area is 180 Å². The number of nitrogens with zero attached hydrogens (tertiary/aromatic N) is 5. The highest BCUT2D eigenvalue weighted by Crippen LogP contribution is 2.33. The van der Waals surface area contributed by atoms with Crippen LogP contribution in [0.25, 0.3) is 16.9 Å². The molecule has 166 valence electrons. The maximum Gasteiger partial charge on any atom is 0.433 e. The van der Waals surface area contributed by atoms with Crippen molar-refractivity contribution in [2.45, 2.75) is 26.2 Å². The van der Waals surface area contributed by atoms with Crippen molar-refractivity contribution in [1.82, 2.24) is 29.7 Å². The van der Waals surface area contributed by atoms with Gasteiger partial charge in [0.2, 0.25) is 0 Å². The fourth-order valence-electron chi connectivity index (χ4n) is 3.17. The SMILES string of the molecule is CCn1ccc(CNC(=O)c2cnn3c(C(F)(F)F)cc(-c4ccc(OC)cc4)nc23)n1. The van der Waals surface area contributed by atoms with Crippen LogP contribution in [0.5, 0.6) is 5.75 Å². The number of aryl methyl sites for hydroxylation is 1. The standard InChI is InChI=1S/C21H19F3N6O2/c1-3-29-9-8-14(28-29)11-25-20(31)16-12-26-30-18(21(22,23)24)10-17(27-19(16)30)13-4-6-15(32-2)7-5-13/h4-10,12H,3,11H2,1-2H3,(H,25,31). The molecule has 0 aliphatic rings. The molecule has 11 heteroatoms. The van der Waals surface area contributed by atoms with E-state index in [9.17, 15) is 18.0 Å². The number of benzene rings is 1. The summed E-state index contributed by atoms with van der Waals surface area (Å²) >= 11 is 0. The molecule has 8 nitrogen and oxygen atoms in total. The van der Waals surface area contributed by atoms with Crippen LogP contribution >= 0.6 is 0 Å². The van der Waals surface area contributed by atoms with Gasteiger partial charge < -0.3 is 10.1 Å². The number of hydrogen-bond donors (Lipinski definition) is 1. The molecule has 1 N–H and O–H groups in total. The monoisotopic (exact) mass is 444 g/mol. The average Bonchev–Trinajstić information content (AvgIpc) is 3.43. The lowest BCUT2D eigenvalue weighted by atomic mass is 10.1. The normalized spacial score (nSPS) is 11.7. The van der Waals surface area contributed by atoms with E-state index in [2.05, 4.69) is 20.5 Å². The predicted octanol–water partition coefficient (Wildman–Crippen LogP) is 3.57. The first kappa shape index (κ1) is 21.3. The summed E-state index contributed by atoms with van der Waals surface area (Å²) in [6.07, 6.45) is -1.85. The maximum atomic E-state index is 13.7. The van der Waals surface area contributed by atoms with Crippen molar-refractivity contribution in [1.29, 1.82) is 0 Å². The van der Waals surface area contributed by atoms with Crippen molar-refractivity contribution in [3.8, 4) is 17.0 Å². The lowest BCUT2D eigenvalue weighted by Crippen LogP contribution is -2.23. The molecule has 3 heterocycles. The number of hydrogen-bond acceptors (Lipinski definition) is 5. The van der Waals surface area contributed by atoms with Gasteiger partial charge in [-0.1, -0.05) is 0 Å². The van der Waals surface area contributed by atoms with E-state index in [1.165, 1.54) is 7.11 Å². The Balaban J connectivity index is 1.72. The highest BCUT2D eigenvalue weighted by atomic mass is 19.4. The van der Waals surface area contributed by atoms with Gasteiger partial charge in [-0.2, -0.15) is 23.4 Å². The van der Waals surface area contributed by atoms with Gasteiger partial charge >= 0.3 is 6.18 Å². The van der Waals surface area contributed by atoms with Crippen molar-refractivity contribution in [3.63, 3.8) is 0 Å². The zero-order chi connectivity index (χ0) is 22.9. The first-order valence-corrected chi connectivity index (χ1v) is 9.71. The zero-order valence-corrected chi connectivity index (χ0v) is 17.2. The van der Waals surface area contributed by atoms with Gasteiger partial charge in [0.05, 0.1) is 31.2 Å². The molecule has 0 spiro atoms. The van der Waals surface area contributed by atoms with Gasteiger partial charge in [-0.3, -0.25) is 9.48 Å². The average molecular weight is 444 g/mol. The summed E-state index contributed by atoms with van der Waals surface area (Å²) in [6.45, 7) is 2.73. The molecule has 4 aromatic rings. The topological polar surface area (TPSA) is 86.3 Å². The fourth-order valence-corrected chi connectivity index (χ4v) is 3.17. The molecule has 4 rings (SSSR count). The second-order valence-corrected chi connectivity index (χ2v) is 6.89. The van der Waals surface area contributed by atoms with E-state index in [4.69, 9.17) is 4.74 Å². The van der Waals surface area contributed by atoms with E-state index in [1.54, 1.807) is 41.2 Å². The Morgan fingerprint density at radius 1 is 1.19 bits per heavy atom. The van der Waals surface area contributed by atoms with Gasteiger partial charge in [0.15, 0.2) is 11.3 Å². The molecule has 32 heavy (non-hydrogen) atoms. The summed E-state index contributed by atoms with van der Waals surface area (Å²) in [7, 11) is 1.49. The number of ether oxygens (including phenoxy) is 1. The van der Waals surface area contributed by atoms with Gasteiger partial charge in [-0.15, -0.1) is 0 Å². The summed E-state index contributed by atoms with van der Waals surface area (Å²) in [6, 6.07) is 9.08. The predicted molar refractivity (Wildman–Crippen MR) is 109 cm³/mol. The lowest BCUT2D eigenvalue weighted by Gasteiger charge is -2.12. The van der Waals surface area contributed by atoms with Crippen molar-refractivity contribution in [2.75, 3.05) is 7.11 Å². The highest BCUT2D eigenvalue weighted by Gasteiger charge is 2.36. The minimum absolute atomic E-state index is 0.0590. The number of nitrogens with one attached hydrogen (secondary N) is 1. The number of alkyl halides is 3. The Bertz CT molecular complexity index is 1260. The number of carbonyl (C=O) groups excluding carboxylic acids is 1. The molecule has 0 radical (unpaired) electrons. The number of carbonyl (C=O) groups is 1. The van der Waals surface area contributed by atoms with E-state index in [-0.39, 0.29) is 23.4 Å².